The van der Waals surface area contributed by atoms with Crippen LogP contribution < -0.4 is 10.2 Å². The van der Waals surface area contributed by atoms with Gasteiger partial charge in [-0.05, 0) is 92.1 Å². The number of benzene rings is 3. The van der Waals surface area contributed by atoms with E-state index in [2.05, 4.69) is 94.0 Å². The molecule has 2 unspecified atom stereocenters. The van der Waals surface area contributed by atoms with Crippen LogP contribution in [0.25, 0.3) is 11.1 Å². The molecule has 0 aromatic heterocycles. The summed E-state index contributed by atoms with van der Waals surface area (Å²) in [5.41, 5.74) is 6.50. The van der Waals surface area contributed by atoms with Crippen molar-refractivity contribution in [1.82, 2.24) is 10.2 Å². The van der Waals surface area contributed by atoms with E-state index in [0.29, 0.717) is 17.9 Å². The highest BCUT2D eigenvalue weighted by atomic mass is 16.7. The molecule has 1 saturated carbocycles. The van der Waals surface area contributed by atoms with Crippen molar-refractivity contribution in [2.75, 3.05) is 50.8 Å². The van der Waals surface area contributed by atoms with Crippen LogP contribution >= 0.6 is 0 Å². The normalized spacial score (nSPS) is 24.8. The molecule has 2 saturated heterocycles. The van der Waals surface area contributed by atoms with Crippen molar-refractivity contribution in [2.45, 2.75) is 75.5 Å². The van der Waals surface area contributed by atoms with Crippen LogP contribution in [-0.2, 0) is 14.3 Å². The number of amides is 1. The lowest BCUT2D eigenvalue weighted by atomic mass is 9.79. The van der Waals surface area contributed by atoms with Gasteiger partial charge in [0.05, 0.1) is 5.92 Å². The maximum absolute atomic E-state index is 14.5. The highest BCUT2D eigenvalue weighted by Gasteiger charge is 2.42. The number of nitrogens with one attached hydrogen (secondary N) is 1. The Morgan fingerprint density at radius 1 is 0.911 bits per heavy atom. The van der Waals surface area contributed by atoms with Gasteiger partial charge in [0.15, 0.2) is 6.29 Å². The Morgan fingerprint density at radius 3 is 2.60 bits per heavy atom. The highest BCUT2D eigenvalue weighted by Crippen LogP contribution is 2.41. The molecule has 3 aromatic rings. The summed E-state index contributed by atoms with van der Waals surface area (Å²) in [7, 11) is 0. The first-order chi connectivity index (χ1) is 22.2. The Labute approximate surface area is 269 Å². The summed E-state index contributed by atoms with van der Waals surface area (Å²) in [6.45, 7) is 6.11. The third-order valence-electron chi connectivity index (χ3n) is 10.3. The Balaban J connectivity index is 1.01. The molecule has 4 aliphatic rings. The van der Waals surface area contributed by atoms with Crippen LogP contribution in [0.5, 0.6) is 0 Å². The van der Waals surface area contributed by atoms with Crippen LogP contribution in [-0.4, -0.2) is 69.1 Å². The van der Waals surface area contributed by atoms with E-state index in [1.54, 1.807) is 0 Å². The maximum atomic E-state index is 14.5. The molecule has 0 bridgehead atoms. The van der Waals surface area contributed by atoms with Crippen molar-refractivity contribution in [3.8, 4) is 11.1 Å². The molecule has 7 rings (SSSR count). The summed E-state index contributed by atoms with van der Waals surface area (Å²) in [5.74, 6) is 0.885. The van der Waals surface area contributed by atoms with E-state index in [4.69, 9.17) is 9.47 Å². The Morgan fingerprint density at radius 2 is 1.76 bits per heavy atom. The molecule has 0 radical (unpaired) electrons. The quantitative estimate of drug-likeness (QED) is 0.226. The van der Waals surface area contributed by atoms with Gasteiger partial charge in [-0.2, -0.15) is 0 Å². The van der Waals surface area contributed by atoms with Gasteiger partial charge in [0, 0.05) is 57.0 Å². The Bertz CT molecular complexity index is 1400. The third kappa shape index (κ3) is 7.29. The van der Waals surface area contributed by atoms with Gasteiger partial charge < -0.3 is 24.6 Å². The zero-order valence-electron chi connectivity index (χ0n) is 26.6. The first-order valence-electron chi connectivity index (χ1n) is 17.5. The molecule has 238 valence electrons. The number of rotatable bonds is 12. The second kappa shape index (κ2) is 14.5. The van der Waals surface area contributed by atoms with Crippen LogP contribution in [0.4, 0.5) is 5.69 Å². The summed E-state index contributed by atoms with van der Waals surface area (Å²) in [6.07, 6.45) is 8.75. The van der Waals surface area contributed by atoms with Gasteiger partial charge in [-0.25, -0.2) is 0 Å². The fourth-order valence-corrected chi connectivity index (χ4v) is 7.77. The van der Waals surface area contributed by atoms with Gasteiger partial charge >= 0.3 is 0 Å². The minimum atomic E-state index is -0.0359. The lowest BCUT2D eigenvalue weighted by Crippen LogP contribution is -2.48. The molecule has 4 atom stereocenters. The van der Waals surface area contributed by atoms with E-state index < -0.39 is 0 Å². The van der Waals surface area contributed by atoms with Gasteiger partial charge in [-0.3, -0.25) is 4.79 Å². The van der Waals surface area contributed by atoms with E-state index in [9.17, 15) is 4.79 Å². The number of carbonyl (C=O) groups is 1. The first-order valence-corrected chi connectivity index (χ1v) is 17.5. The zero-order chi connectivity index (χ0) is 30.4. The van der Waals surface area contributed by atoms with Crippen molar-refractivity contribution in [2.24, 2.45) is 5.92 Å². The van der Waals surface area contributed by atoms with Crippen LogP contribution in [0.3, 0.4) is 0 Å². The van der Waals surface area contributed by atoms with Crippen LogP contribution in [0.15, 0.2) is 78.9 Å². The third-order valence-corrected chi connectivity index (χ3v) is 10.3. The van der Waals surface area contributed by atoms with Gasteiger partial charge in [-0.15, -0.1) is 0 Å². The molecule has 3 aliphatic heterocycles. The fourth-order valence-electron chi connectivity index (χ4n) is 7.77. The molecule has 3 heterocycles. The van der Waals surface area contributed by atoms with Gasteiger partial charge in [-0.1, -0.05) is 72.8 Å². The summed E-state index contributed by atoms with van der Waals surface area (Å²) >= 11 is 0. The van der Waals surface area contributed by atoms with E-state index >= 15 is 0 Å². The van der Waals surface area contributed by atoms with Crippen molar-refractivity contribution in [1.29, 1.82) is 0 Å². The molecule has 1 N–H and O–H groups in total. The monoisotopic (exact) mass is 607 g/mol. The number of hydrogen-bond acceptors (Lipinski definition) is 5. The predicted octanol–water partition coefficient (Wildman–Crippen LogP) is 6.96. The lowest BCUT2D eigenvalue weighted by molar-refractivity contribution is -0.162. The topological polar surface area (TPSA) is 54.0 Å². The number of unbranched alkanes of at least 4 members (excludes halogenated alkanes) is 1. The summed E-state index contributed by atoms with van der Waals surface area (Å²) in [5, 5.41) is 3.57. The van der Waals surface area contributed by atoms with E-state index in [0.717, 1.165) is 90.9 Å². The fraction of sp³-hybridized carbons (Fsp3) is 0.513. The smallest absolute Gasteiger partial charge is 0.227 e. The summed E-state index contributed by atoms with van der Waals surface area (Å²) in [4.78, 5) is 19.4. The van der Waals surface area contributed by atoms with Gasteiger partial charge in [0.25, 0.3) is 0 Å². The Hall–Kier alpha value is -3.19. The number of anilines is 1. The number of carbonyl (C=O) groups excluding carboxylic acids is 1. The highest BCUT2D eigenvalue weighted by molar-refractivity contribution is 5.81. The molecule has 6 nitrogen and oxygen atoms in total. The number of hydrogen-bond donors (Lipinski definition) is 1. The molecule has 6 heteroatoms. The average molecular weight is 608 g/mol. The predicted molar refractivity (Wildman–Crippen MR) is 181 cm³/mol. The number of ether oxygens (including phenoxy) is 2. The van der Waals surface area contributed by atoms with E-state index in [1.165, 1.54) is 34.4 Å². The SMILES string of the molecule is O=C([C@H]1CNCC[C@@H]1c1cccc(-c2ccccc2)c1)N(CC1CN(CCCCOC2CCCCO2)c2ccccc21)C1CC1. The second-order valence-corrected chi connectivity index (χ2v) is 13.5. The summed E-state index contributed by atoms with van der Waals surface area (Å²) < 4.78 is 11.7. The van der Waals surface area contributed by atoms with E-state index in [1.807, 2.05) is 0 Å². The van der Waals surface area contributed by atoms with E-state index in [-0.39, 0.29) is 18.1 Å². The molecule has 3 aromatic carbocycles. The molecule has 1 aliphatic carbocycles. The van der Waals surface area contributed by atoms with Crippen molar-refractivity contribution < 1.29 is 14.3 Å². The standard InChI is InChI=1S/C39H49N3O3/c43-39(36-26-40-21-20-34(36)31-14-10-13-30(25-31)29-11-2-1-3-12-29)42(33-18-19-33)28-32-27-41(37-16-5-4-15-35(32)37)22-7-9-24-45-38-17-6-8-23-44-38/h1-5,10-16,25,32-34,36,38,40H,6-9,17-24,26-28H2/t32?,34-,36+,38?/m1/s1. The molecular weight excluding hydrogens is 558 g/mol. The van der Waals surface area contributed by atoms with Crippen LogP contribution in [0.2, 0.25) is 0 Å². The minimum absolute atomic E-state index is 0.00615. The minimum Gasteiger partial charge on any atom is -0.371 e. The maximum Gasteiger partial charge on any atom is 0.227 e. The van der Waals surface area contributed by atoms with Gasteiger partial charge in [0.2, 0.25) is 5.91 Å². The molecule has 0 spiro atoms. The van der Waals surface area contributed by atoms with Crippen LogP contribution in [0, 0.1) is 5.92 Å². The largest absolute Gasteiger partial charge is 0.371 e. The Kier molecular flexibility index (Phi) is 9.81. The molecule has 1 amide bonds. The molecule has 45 heavy (non-hydrogen) atoms. The molecule has 3 fully saturated rings. The summed E-state index contributed by atoms with van der Waals surface area (Å²) in [6, 6.07) is 28.8. The molecular formula is C39H49N3O3. The average Bonchev–Trinajstić information content (AvgIpc) is 3.89. The first kappa shape index (κ1) is 30.5. The number of fused-ring (bicyclic) bond motifs is 1. The van der Waals surface area contributed by atoms with Crippen molar-refractivity contribution in [3.05, 3.63) is 90.0 Å². The zero-order valence-corrected chi connectivity index (χ0v) is 26.6. The second-order valence-electron chi connectivity index (χ2n) is 13.5. The van der Waals surface area contributed by atoms with Gasteiger partial charge in [0.1, 0.15) is 0 Å². The van der Waals surface area contributed by atoms with Crippen LogP contribution in [0.1, 0.15) is 74.3 Å². The number of para-hydroxylation sites is 1. The number of piperidine rings is 1. The lowest BCUT2D eigenvalue weighted by Gasteiger charge is -2.37. The number of nitrogens with zero attached hydrogens (tertiary/aromatic N) is 2. The van der Waals surface area contributed by atoms with Crippen molar-refractivity contribution in [3.63, 3.8) is 0 Å². The van der Waals surface area contributed by atoms with Crippen molar-refractivity contribution >= 4 is 11.6 Å².